The van der Waals surface area contributed by atoms with E-state index in [9.17, 15) is 9.59 Å². The van der Waals surface area contributed by atoms with Gasteiger partial charge in [-0.05, 0) is 51.0 Å². The van der Waals surface area contributed by atoms with Gasteiger partial charge in [0.25, 0.3) is 0 Å². The van der Waals surface area contributed by atoms with Gasteiger partial charge in [0, 0.05) is 25.3 Å². The number of thiocarbonyl (C=S) groups is 1. The first-order chi connectivity index (χ1) is 14.0. The van der Waals surface area contributed by atoms with Gasteiger partial charge >= 0.3 is 12.1 Å². The SMILES string of the molecule is CCOC(=O)NC(=S)N(CC1CN(C2CC2)CCO1)n1cccc1C(=O)OCC. The summed E-state index contributed by atoms with van der Waals surface area (Å²) in [6.07, 6.45) is 3.39. The summed E-state index contributed by atoms with van der Waals surface area (Å²) in [6, 6.07) is 4.02. The monoisotopic (exact) mass is 424 g/mol. The molecule has 1 aromatic heterocycles. The number of alkyl carbamates (subject to hydrolysis) is 1. The summed E-state index contributed by atoms with van der Waals surface area (Å²) in [5, 5.41) is 4.32. The fourth-order valence-corrected chi connectivity index (χ4v) is 3.60. The smallest absolute Gasteiger partial charge is 0.413 e. The zero-order chi connectivity index (χ0) is 20.8. The van der Waals surface area contributed by atoms with E-state index in [1.54, 1.807) is 41.9 Å². The average molecular weight is 425 g/mol. The van der Waals surface area contributed by atoms with Gasteiger partial charge in [-0.2, -0.15) is 0 Å². The van der Waals surface area contributed by atoms with Gasteiger partial charge in [-0.3, -0.25) is 19.9 Å². The molecular formula is C19H28N4O5S. The van der Waals surface area contributed by atoms with Crippen LogP contribution in [0, 0.1) is 0 Å². The van der Waals surface area contributed by atoms with E-state index >= 15 is 0 Å². The van der Waals surface area contributed by atoms with Crippen LogP contribution >= 0.6 is 12.2 Å². The molecule has 1 saturated carbocycles. The molecule has 9 nitrogen and oxygen atoms in total. The number of rotatable bonds is 7. The molecule has 0 radical (unpaired) electrons. The molecule has 1 aromatic rings. The Morgan fingerprint density at radius 1 is 1.31 bits per heavy atom. The molecule has 2 heterocycles. The molecule has 1 aliphatic heterocycles. The molecule has 2 aliphatic rings. The highest BCUT2D eigenvalue weighted by Gasteiger charge is 2.34. The Morgan fingerprint density at radius 2 is 2.07 bits per heavy atom. The van der Waals surface area contributed by atoms with Crippen LogP contribution in [-0.4, -0.2) is 78.4 Å². The van der Waals surface area contributed by atoms with Crippen LogP contribution in [0.15, 0.2) is 18.3 Å². The van der Waals surface area contributed by atoms with Crippen LogP contribution in [0.5, 0.6) is 0 Å². The van der Waals surface area contributed by atoms with E-state index in [1.807, 2.05) is 0 Å². The van der Waals surface area contributed by atoms with Gasteiger partial charge < -0.3 is 14.2 Å². The Bertz CT molecular complexity index is 736. The summed E-state index contributed by atoms with van der Waals surface area (Å²) in [5.41, 5.74) is 0.315. The first kappa shape index (κ1) is 21.5. The summed E-state index contributed by atoms with van der Waals surface area (Å²) >= 11 is 5.46. The first-order valence-corrected chi connectivity index (χ1v) is 10.4. The summed E-state index contributed by atoms with van der Waals surface area (Å²) in [7, 11) is 0. The molecule has 1 saturated heterocycles. The van der Waals surface area contributed by atoms with E-state index in [0.717, 1.165) is 13.1 Å². The maximum Gasteiger partial charge on any atom is 0.413 e. The first-order valence-electron chi connectivity index (χ1n) is 9.99. The van der Waals surface area contributed by atoms with Gasteiger partial charge in [0.05, 0.1) is 32.5 Å². The summed E-state index contributed by atoms with van der Waals surface area (Å²) in [6.45, 7) is 6.67. The second-order valence-corrected chi connectivity index (χ2v) is 7.30. The lowest BCUT2D eigenvalue weighted by molar-refractivity contribution is -0.0275. The minimum atomic E-state index is -0.642. The molecule has 0 bridgehead atoms. The van der Waals surface area contributed by atoms with E-state index < -0.39 is 12.1 Å². The zero-order valence-electron chi connectivity index (χ0n) is 16.8. The lowest BCUT2D eigenvalue weighted by Gasteiger charge is -2.37. The van der Waals surface area contributed by atoms with Crippen LogP contribution in [0.25, 0.3) is 0 Å². The molecule has 2 fully saturated rings. The lowest BCUT2D eigenvalue weighted by atomic mass is 10.2. The molecule has 0 aromatic carbocycles. The lowest BCUT2D eigenvalue weighted by Crippen LogP contribution is -2.56. The summed E-state index contributed by atoms with van der Waals surface area (Å²) < 4.78 is 17.6. The minimum Gasteiger partial charge on any atom is -0.461 e. The van der Waals surface area contributed by atoms with Crippen molar-refractivity contribution in [2.75, 3.05) is 44.5 Å². The van der Waals surface area contributed by atoms with Crippen LogP contribution in [0.1, 0.15) is 37.2 Å². The van der Waals surface area contributed by atoms with Crippen LogP contribution in [-0.2, 0) is 14.2 Å². The molecule has 1 aliphatic carbocycles. The van der Waals surface area contributed by atoms with E-state index in [-0.39, 0.29) is 24.4 Å². The molecule has 160 valence electrons. The molecule has 29 heavy (non-hydrogen) atoms. The molecule has 0 spiro atoms. The van der Waals surface area contributed by atoms with Crippen LogP contribution in [0.2, 0.25) is 0 Å². The fraction of sp³-hybridized carbons (Fsp3) is 0.632. The Hall–Kier alpha value is -2.17. The Labute approximate surface area is 175 Å². The van der Waals surface area contributed by atoms with Crippen molar-refractivity contribution in [3.63, 3.8) is 0 Å². The summed E-state index contributed by atoms with van der Waals surface area (Å²) in [5.74, 6) is -0.467. The van der Waals surface area contributed by atoms with E-state index in [0.29, 0.717) is 24.9 Å². The topological polar surface area (TPSA) is 85.3 Å². The Balaban J connectivity index is 1.78. The molecule has 3 rings (SSSR count). The predicted molar refractivity (Wildman–Crippen MR) is 111 cm³/mol. The number of morpholine rings is 1. The second kappa shape index (κ2) is 10.0. The molecular weight excluding hydrogens is 396 g/mol. The van der Waals surface area contributed by atoms with Crippen molar-refractivity contribution in [1.82, 2.24) is 14.9 Å². The number of carbonyl (C=O) groups excluding carboxylic acids is 2. The van der Waals surface area contributed by atoms with E-state index in [4.69, 9.17) is 26.4 Å². The van der Waals surface area contributed by atoms with Crippen LogP contribution < -0.4 is 10.3 Å². The number of nitrogens with zero attached hydrogens (tertiary/aromatic N) is 3. The number of amides is 1. The van der Waals surface area contributed by atoms with Crippen molar-refractivity contribution in [1.29, 1.82) is 0 Å². The van der Waals surface area contributed by atoms with Gasteiger partial charge in [-0.25, -0.2) is 9.59 Å². The normalized spacial score (nSPS) is 19.4. The molecule has 1 atom stereocenters. The highest BCUT2D eigenvalue weighted by molar-refractivity contribution is 7.80. The van der Waals surface area contributed by atoms with Crippen molar-refractivity contribution in [3.8, 4) is 0 Å². The summed E-state index contributed by atoms with van der Waals surface area (Å²) in [4.78, 5) is 26.7. The third-order valence-electron chi connectivity index (χ3n) is 4.80. The second-order valence-electron chi connectivity index (χ2n) is 6.91. The quantitative estimate of drug-likeness (QED) is 0.521. The third kappa shape index (κ3) is 5.68. The largest absolute Gasteiger partial charge is 0.461 e. The molecule has 1 unspecified atom stereocenters. The molecule has 1 N–H and O–H groups in total. The molecule has 10 heteroatoms. The number of esters is 1. The van der Waals surface area contributed by atoms with E-state index in [2.05, 4.69) is 10.2 Å². The standard InChI is InChI=1S/C19H28N4O5S/c1-3-26-17(24)16-6-5-9-22(16)23(18(29)20-19(25)27-4-2)13-15-12-21(10-11-28-15)14-7-8-14/h5-6,9,14-15H,3-4,7-8,10-13H2,1-2H3,(H,20,25,29). The Kier molecular flexibility index (Phi) is 7.45. The number of hydrogen-bond donors (Lipinski definition) is 1. The number of nitrogens with one attached hydrogen (secondary N) is 1. The maximum atomic E-state index is 12.4. The number of carbonyl (C=O) groups is 2. The van der Waals surface area contributed by atoms with Crippen molar-refractivity contribution in [2.45, 2.75) is 38.8 Å². The average Bonchev–Trinajstić information content (AvgIpc) is 3.43. The van der Waals surface area contributed by atoms with Crippen molar-refractivity contribution in [3.05, 3.63) is 24.0 Å². The Morgan fingerprint density at radius 3 is 2.76 bits per heavy atom. The van der Waals surface area contributed by atoms with Gasteiger partial charge in [0.2, 0.25) is 0 Å². The van der Waals surface area contributed by atoms with Crippen molar-refractivity contribution >= 4 is 29.4 Å². The number of ether oxygens (including phenoxy) is 3. The van der Waals surface area contributed by atoms with Crippen LogP contribution in [0.3, 0.4) is 0 Å². The highest BCUT2D eigenvalue weighted by atomic mass is 32.1. The van der Waals surface area contributed by atoms with Gasteiger partial charge in [-0.15, -0.1) is 0 Å². The molecule has 1 amide bonds. The highest BCUT2D eigenvalue weighted by Crippen LogP contribution is 2.28. The van der Waals surface area contributed by atoms with Gasteiger partial charge in [-0.1, -0.05) is 0 Å². The van der Waals surface area contributed by atoms with Crippen molar-refractivity contribution < 1.29 is 23.8 Å². The number of hydrogen-bond acceptors (Lipinski definition) is 7. The van der Waals surface area contributed by atoms with Crippen LogP contribution in [0.4, 0.5) is 4.79 Å². The number of aromatic nitrogens is 1. The predicted octanol–water partition coefficient (Wildman–Crippen LogP) is 1.50. The zero-order valence-corrected chi connectivity index (χ0v) is 17.7. The van der Waals surface area contributed by atoms with Gasteiger partial charge in [0.1, 0.15) is 5.69 Å². The fourth-order valence-electron chi connectivity index (χ4n) is 3.35. The maximum absolute atomic E-state index is 12.4. The van der Waals surface area contributed by atoms with E-state index in [1.165, 1.54) is 12.8 Å². The third-order valence-corrected chi connectivity index (χ3v) is 5.11. The van der Waals surface area contributed by atoms with Crippen molar-refractivity contribution in [2.24, 2.45) is 0 Å². The van der Waals surface area contributed by atoms with Gasteiger partial charge in [0.15, 0.2) is 5.11 Å². The minimum absolute atomic E-state index is 0.122.